The van der Waals surface area contributed by atoms with E-state index in [0.29, 0.717) is 11.3 Å². The highest BCUT2D eigenvalue weighted by Crippen LogP contribution is 2.22. The molecule has 19 heavy (non-hydrogen) atoms. The summed E-state index contributed by atoms with van der Waals surface area (Å²) in [5.74, 6) is -0.0515. The van der Waals surface area contributed by atoms with E-state index in [9.17, 15) is 4.79 Å². The average Bonchev–Trinajstić information content (AvgIpc) is 2.40. The Morgan fingerprint density at radius 1 is 1.21 bits per heavy atom. The third-order valence-corrected chi connectivity index (χ3v) is 3.49. The van der Waals surface area contributed by atoms with Gasteiger partial charge in [0, 0.05) is 28.5 Å². The monoisotopic (exact) mass is 318 g/mol. The van der Waals surface area contributed by atoms with Gasteiger partial charge in [-0.1, -0.05) is 28.1 Å². The Balaban J connectivity index is 2.36. The van der Waals surface area contributed by atoms with Crippen molar-refractivity contribution in [1.29, 1.82) is 0 Å². The first-order valence-electron chi connectivity index (χ1n) is 5.89. The molecular formula is C15H15BrN2O. The second kappa shape index (κ2) is 5.45. The first kappa shape index (κ1) is 13.6. The molecule has 0 fully saturated rings. The smallest absolute Gasteiger partial charge is 0.258 e. The van der Waals surface area contributed by atoms with E-state index in [-0.39, 0.29) is 5.91 Å². The molecule has 2 aromatic rings. The zero-order valence-corrected chi connectivity index (χ0v) is 12.4. The lowest BCUT2D eigenvalue weighted by Gasteiger charge is -2.19. The van der Waals surface area contributed by atoms with Gasteiger partial charge in [0.1, 0.15) is 0 Å². The fourth-order valence-corrected chi connectivity index (χ4v) is 2.22. The standard InChI is InChI=1S/C15H15BrN2O/c1-10-6-7-11(16)8-14(10)15(19)18(2)13-5-3-4-12(17)9-13/h3-9H,17H2,1-2H3. The van der Waals surface area contributed by atoms with E-state index in [0.717, 1.165) is 15.7 Å². The van der Waals surface area contributed by atoms with Crippen molar-refractivity contribution in [1.82, 2.24) is 0 Å². The molecule has 4 heteroatoms. The fourth-order valence-electron chi connectivity index (χ4n) is 1.86. The molecule has 3 nitrogen and oxygen atoms in total. The maximum Gasteiger partial charge on any atom is 0.258 e. The number of hydrogen-bond donors (Lipinski definition) is 1. The highest BCUT2D eigenvalue weighted by atomic mass is 79.9. The Morgan fingerprint density at radius 2 is 1.95 bits per heavy atom. The number of hydrogen-bond acceptors (Lipinski definition) is 2. The minimum absolute atomic E-state index is 0.0515. The summed E-state index contributed by atoms with van der Waals surface area (Å²) in [6.07, 6.45) is 0. The number of benzene rings is 2. The van der Waals surface area contributed by atoms with Crippen LogP contribution in [-0.4, -0.2) is 13.0 Å². The number of anilines is 2. The van der Waals surface area contributed by atoms with Crippen molar-refractivity contribution in [3.05, 3.63) is 58.1 Å². The SMILES string of the molecule is Cc1ccc(Br)cc1C(=O)N(C)c1cccc(N)c1. The average molecular weight is 319 g/mol. The largest absolute Gasteiger partial charge is 0.399 e. The number of aryl methyl sites for hydroxylation is 1. The molecule has 0 radical (unpaired) electrons. The zero-order chi connectivity index (χ0) is 14.0. The molecule has 98 valence electrons. The lowest BCUT2D eigenvalue weighted by Crippen LogP contribution is -2.27. The fraction of sp³-hybridized carbons (Fsp3) is 0.133. The van der Waals surface area contributed by atoms with Crippen LogP contribution < -0.4 is 10.6 Å². The van der Waals surface area contributed by atoms with Gasteiger partial charge in [0.15, 0.2) is 0 Å². The third kappa shape index (κ3) is 2.96. The number of carbonyl (C=O) groups is 1. The Morgan fingerprint density at radius 3 is 2.63 bits per heavy atom. The van der Waals surface area contributed by atoms with E-state index in [1.165, 1.54) is 0 Å². The van der Waals surface area contributed by atoms with E-state index >= 15 is 0 Å². The summed E-state index contributed by atoms with van der Waals surface area (Å²) in [7, 11) is 1.75. The highest BCUT2D eigenvalue weighted by molar-refractivity contribution is 9.10. The van der Waals surface area contributed by atoms with Crippen molar-refractivity contribution in [2.75, 3.05) is 17.7 Å². The molecule has 0 bridgehead atoms. The molecule has 0 spiro atoms. The normalized spacial score (nSPS) is 10.3. The number of halogens is 1. The van der Waals surface area contributed by atoms with Crippen LogP contribution in [0, 0.1) is 6.92 Å². The minimum Gasteiger partial charge on any atom is -0.399 e. The summed E-state index contributed by atoms with van der Waals surface area (Å²) >= 11 is 3.39. The van der Waals surface area contributed by atoms with Crippen LogP contribution in [0.2, 0.25) is 0 Å². The van der Waals surface area contributed by atoms with Crippen LogP contribution in [0.4, 0.5) is 11.4 Å². The molecule has 0 aliphatic rings. The van der Waals surface area contributed by atoms with Gasteiger partial charge in [-0.15, -0.1) is 0 Å². The van der Waals surface area contributed by atoms with Crippen LogP contribution >= 0.6 is 15.9 Å². The van der Waals surface area contributed by atoms with Crippen LogP contribution in [0.3, 0.4) is 0 Å². The highest BCUT2D eigenvalue weighted by Gasteiger charge is 2.16. The predicted octanol–water partition coefficient (Wildman–Crippen LogP) is 3.62. The molecule has 1 amide bonds. The van der Waals surface area contributed by atoms with Gasteiger partial charge in [-0.05, 0) is 42.8 Å². The van der Waals surface area contributed by atoms with Crippen molar-refractivity contribution in [3.8, 4) is 0 Å². The van der Waals surface area contributed by atoms with Crippen molar-refractivity contribution >= 4 is 33.2 Å². The van der Waals surface area contributed by atoms with Crippen LogP contribution in [-0.2, 0) is 0 Å². The molecule has 0 aliphatic carbocycles. The van der Waals surface area contributed by atoms with Crippen molar-refractivity contribution in [3.63, 3.8) is 0 Å². The second-order valence-corrected chi connectivity index (χ2v) is 5.33. The molecule has 0 saturated carbocycles. The van der Waals surface area contributed by atoms with Gasteiger partial charge in [0.25, 0.3) is 5.91 Å². The maximum atomic E-state index is 12.5. The quantitative estimate of drug-likeness (QED) is 0.860. The predicted molar refractivity (Wildman–Crippen MR) is 82.5 cm³/mol. The van der Waals surface area contributed by atoms with Gasteiger partial charge in [0.05, 0.1) is 0 Å². The Hall–Kier alpha value is -1.81. The summed E-state index contributed by atoms with van der Waals surface area (Å²) in [5, 5.41) is 0. The van der Waals surface area contributed by atoms with Gasteiger partial charge in [0.2, 0.25) is 0 Å². The molecule has 0 heterocycles. The molecule has 0 atom stereocenters. The number of nitrogen functional groups attached to an aromatic ring is 1. The van der Waals surface area contributed by atoms with Crippen LogP contribution in [0.25, 0.3) is 0 Å². The van der Waals surface area contributed by atoms with Gasteiger partial charge < -0.3 is 10.6 Å². The summed E-state index contributed by atoms with van der Waals surface area (Å²) in [4.78, 5) is 14.1. The molecular weight excluding hydrogens is 304 g/mol. The molecule has 0 aliphatic heterocycles. The Kier molecular flexibility index (Phi) is 3.90. The van der Waals surface area contributed by atoms with E-state index in [4.69, 9.17) is 5.73 Å². The number of amides is 1. The van der Waals surface area contributed by atoms with Crippen LogP contribution in [0.5, 0.6) is 0 Å². The summed E-state index contributed by atoms with van der Waals surface area (Å²) < 4.78 is 0.891. The first-order chi connectivity index (χ1) is 8.99. The van der Waals surface area contributed by atoms with E-state index in [1.54, 1.807) is 24.1 Å². The summed E-state index contributed by atoms with van der Waals surface area (Å²) in [5.41, 5.74) is 8.80. The molecule has 2 N–H and O–H groups in total. The zero-order valence-electron chi connectivity index (χ0n) is 10.9. The van der Waals surface area contributed by atoms with Gasteiger partial charge in [-0.3, -0.25) is 4.79 Å². The van der Waals surface area contributed by atoms with Crippen molar-refractivity contribution in [2.24, 2.45) is 0 Å². The van der Waals surface area contributed by atoms with E-state index < -0.39 is 0 Å². The third-order valence-electron chi connectivity index (χ3n) is 2.99. The van der Waals surface area contributed by atoms with Gasteiger partial charge >= 0.3 is 0 Å². The second-order valence-electron chi connectivity index (χ2n) is 4.42. The van der Waals surface area contributed by atoms with E-state index in [1.807, 2.05) is 37.3 Å². The topological polar surface area (TPSA) is 46.3 Å². The van der Waals surface area contributed by atoms with Gasteiger partial charge in [-0.25, -0.2) is 0 Å². The van der Waals surface area contributed by atoms with Crippen LogP contribution in [0.1, 0.15) is 15.9 Å². The minimum atomic E-state index is -0.0515. The van der Waals surface area contributed by atoms with Gasteiger partial charge in [-0.2, -0.15) is 0 Å². The molecule has 0 saturated heterocycles. The molecule has 2 aromatic carbocycles. The number of rotatable bonds is 2. The Bertz CT molecular complexity index is 625. The van der Waals surface area contributed by atoms with Crippen molar-refractivity contribution in [2.45, 2.75) is 6.92 Å². The van der Waals surface area contributed by atoms with Crippen molar-refractivity contribution < 1.29 is 4.79 Å². The molecule has 0 aromatic heterocycles. The molecule has 2 rings (SSSR count). The number of nitrogens with zero attached hydrogens (tertiary/aromatic N) is 1. The number of carbonyl (C=O) groups excluding carboxylic acids is 1. The summed E-state index contributed by atoms with van der Waals surface area (Å²) in [6, 6.07) is 13.0. The lowest BCUT2D eigenvalue weighted by molar-refractivity contribution is 0.0992. The lowest BCUT2D eigenvalue weighted by atomic mass is 10.1. The summed E-state index contributed by atoms with van der Waals surface area (Å²) in [6.45, 7) is 1.92. The van der Waals surface area contributed by atoms with Crippen LogP contribution in [0.15, 0.2) is 46.9 Å². The maximum absolute atomic E-state index is 12.5. The Labute approximate surface area is 121 Å². The van der Waals surface area contributed by atoms with E-state index in [2.05, 4.69) is 15.9 Å². The molecule has 0 unspecified atom stereocenters. The number of nitrogens with two attached hydrogens (primary N) is 1. The first-order valence-corrected chi connectivity index (χ1v) is 6.68.